The minimum Gasteiger partial charge on any atom is -0.491 e. The summed E-state index contributed by atoms with van der Waals surface area (Å²) in [6.45, 7) is 6.08. The molecule has 2 heterocycles. The van der Waals surface area contributed by atoms with Gasteiger partial charge in [-0.05, 0) is 57.2 Å². The van der Waals surface area contributed by atoms with E-state index in [1.165, 1.54) is 0 Å². The molecule has 4 nitrogen and oxygen atoms in total. The molecule has 0 spiro atoms. The predicted octanol–water partition coefficient (Wildman–Crippen LogP) is 3.68. The van der Waals surface area contributed by atoms with Crippen molar-refractivity contribution < 1.29 is 4.74 Å². The number of fused-ring (bicyclic) bond motifs is 1. The van der Waals surface area contributed by atoms with E-state index in [0.29, 0.717) is 5.69 Å². The van der Waals surface area contributed by atoms with Crippen LogP contribution in [0.3, 0.4) is 0 Å². The van der Waals surface area contributed by atoms with Crippen molar-refractivity contribution in [1.82, 2.24) is 9.38 Å². The number of pyridine rings is 1. The number of aryl methyl sites for hydroxylation is 1. The molecule has 0 radical (unpaired) electrons. The van der Waals surface area contributed by atoms with Crippen molar-refractivity contribution in [1.29, 1.82) is 0 Å². The van der Waals surface area contributed by atoms with Crippen LogP contribution in [0.5, 0.6) is 5.75 Å². The molecule has 2 N–H and O–H groups in total. The van der Waals surface area contributed by atoms with E-state index >= 15 is 0 Å². The third kappa shape index (κ3) is 2.44. The minimum absolute atomic E-state index is 0.174. The summed E-state index contributed by atoms with van der Waals surface area (Å²) in [6.07, 6.45) is 2.15. The average Bonchev–Trinajstić information content (AvgIpc) is 2.78. The van der Waals surface area contributed by atoms with Crippen molar-refractivity contribution in [2.75, 3.05) is 5.73 Å². The van der Waals surface area contributed by atoms with Crippen LogP contribution in [0.25, 0.3) is 16.9 Å². The number of benzene rings is 1. The van der Waals surface area contributed by atoms with E-state index in [4.69, 9.17) is 10.5 Å². The van der Waals surface area contributed by atoms with Gasteiger partial charge < -0.3 is 14.9 Å². The number of nitrogens with zero attached hydrogens (tertiary/aromatic N) is 2. The highest BCUT2D eigenvalue weighted by molar-refractivity contribution is 5.73. The highest BCUT2D eigenvalue weighted by Gasteiger charge is 2.12. The Kier molecular flexibility index (Phi) is 3.29. The quantitative estimate of drug-likeness (QED) is 0.796. The van der Waals surface area contributed by atoms with Crippen molar-refractivity contribution in [3.05, 3.63) is 48.3 Å². The standard InChI is InChI=1S/C17H19N3O/c1-11(2)21-14-8-6-13(7-9-14)16-12(3)20-10-4-5-15(18)17(20)19-16/h4-11H,18H2,1-3H3. The summed E-state index contributed by atoms with van der Waals surface area (Å²) in [5, 5.41) is 0. The molecule has 1 aromatic carbocycles. The van der Waals surface area contributed by atoms with Crippen LogP contribution in [0.4, 0.5) is 5.69 Å². The maximum atomic E-state index is 5.99. The largest absolute Gasteiger partial charge is 0.491 e. The Morgan fingerprint density at radius 1 is 1.14 bits per heavy atom. The number of rotatable bonds is 3. The van der Waals surface area contributed by atoms with Crippen LogP contribution >= 0.6 is 0 Å². The molecule has 0 fully saturated rings. The van der Waals surface area contributed by atoms with Gasteiger partial charge >= 0.3 is 0 Å². The first kappa shape index (κ1) is 13.5. The van der Waals surface area contributed by atoms with Crippen LogP contribution in [0.15, 0.2) is 42.6 Å². The molecular formula is C17H19N3O. The third-order valence-corrected chi connectivity index (χ3v) is 3.42. The molecule has 3 aromatic rings. The molecule has 108 valence electrons. The van der Waals surface area contributed by atoms with Crippen molar-refractivity contribution in [3.8, 4) is 17.0 Å². The molecular weight excluding hydrogens is 262 g/mol. The van der Waals surface area contributed by atoms with E-state index in [2.05, 4.69) is 4.98 Å². The second-order valence-electron chi connectivity index (χ2n) is 5.39. The number of anilines is 1. The van der Waals surface area contributed by atoms with Gasteiger partial charge in [0.2, 0.25) is 0 Å². The van der Waals surface area contributed by atoms with Gasteiger partial charge in [-0.3, -0.25) is 0 Å². The smallest absolute Gasteiger partial charge is 0.160 e. The van der Waals surface area contributed by atoms with Gasteiger partial charge in [-0.2, -0.15) is 0 Å². The Balaban J connectivity index is 2.04. The first-order chi connectivity index (χ1) is 10.1. The minimum atomic E-state index is 0.174. The van der Waals surface area contributed by atoms with E-state index in [0.717, 1.165) is 28.3 Å². The van der Waals surface area contributed by atoms with Crippen LogP contribution in [0.1, 0.15) is 19.5 Å². The number of nitrogen functional groups attached to an aromatic ring is 1. The molecule has 0 saturated heterocycles. The number of hydrogen-bond donors (Lipinski definition) is 1. The molecule has 0 unspecified atom stereocenters. The summed E-state index contributed by atoms with van der Waals surface area (Å²) >= 11 is 0. The predicted molar refractivity (Wildman–Crippen MR) is 85.5 cm³/mol. The number of hydrogen-bond acceptors (Lipinski definition) is 3. The molecule has 0 aliphatic carbocycles. The lowest BCUT2D eigenvalue weighted by molar-refractivity contribution is 0.242. The van der Waals surface area contributed by atoms with Gasteiger partial charge in [-0.15, -0.1) is 0 Å². The Bertz CT molecular complexity index is 773. The molecule has 4 heteroatoms. The summed E-state index contributed by atoms with van der Waals surface area (Å²) in [5.41, 5.74) is 10.6. The van der Waals surface area contributed by atoms with Gasteiger partial charge in [0.05, 0.1) is 17.5 Å². The highest BCUT2D eigenvalue weighted by atomic mass is 16.5. The lowest BCUT2D eigenvalue weighted by Crippen LogP contribution is -2.05. The highest BCUT2D eigenvalue weighted by Crippen LogP contribution is 2.27. The maximum Gasteiger partial charge on any atom is 0.160 e. The van der Waals surface area contributed by atoms with Crippen molar-refractivity contribution in [2.24, 2.45) is 0 Å². The fourth-order valence-electron chi connectivity index (χ4n) is 2.44. The monoisotopic (exact) mass is 281 g/mol. The zero-order valence-corrected chi connectivity index (χ0v) is 12.5. The van der Waals surface area contributed by atoms with Gasteiger partial charge in [0.25, 0.3) is 0 Å². The SMILES string of the molecule is Cc1c(-c2ccc(OC(C)C)cc2)nc2c(N)cccn12. The summed E-state index contributed by atoms with van der Waals surface area (Å²) < 4.78 is 7.68. The fraction of sp³-hybridized carbons (Fsp3) is 0.235. The van der Waals surface area contributed by atoms with E-state index in [1.54, 1.807) is 0 Å². The van der Waals surface area contributed by atoms with Crippen LogP contribution in [0, 0.1) is 6.92 Å². The first-order valence-electron chi connectivity index (χ1n) is 7.06. The topological polar surface area (TPSA) is 52.5 Å². The Labute approximate surface area is 124 Å². The van der Waals surface area contributed by atoms with Gasteiger partial charge in [0.1, 0.15) is 5.75 Å². The lowest BCUT2D eigenvalue weighted by atomic mass is 10.1. The second kappa shape index (κ2) is 5.13. The summed E-state index contributed by atoms with van der Waals surface area (Å²) in [5.74, 6) is 0.870. The Hall–Kier alpha value is -2.49. The molecule has 0 amide bonds. The van der Waals surface area contributed by atoms with E-state index in [9.17, 15) is 0 Å². The third-order valence-electron chi connectivity index (χ3n) is 3.42. The Morgan fingerprint density at radius 3 is 2.48 bits per heavy atom. The molecule has 0 aliphatic heterocycles. The molecule has 0 aliphatic rings. The van der Waals surface area contributed by atoms with Crippen LogP contribution in [0.2, 0.25) is 0 Å². The zero-order valence-electron chi connectivity index (χ0n) is 12.5. The molecule has 3 rings (SSSR count). The van der Waals surface area contributed by atoms with Crippen molar-refractivity contribution >= 4 is 11.3 Å². The van der Waals surface area contributed by atoms with Crippen molar-refractivity contribution in [3.63, 3.8) is 0 Å². The number of ether oxygens (including phenoxy) is 1. The van der Waals surface area contributed by atoms with E-state index in [-0.39, 0.29) is 6.10 Å². The number of imidazole rings is 1. The van der Waals surface area contributed by atoms with Crippen LogP contribution in [-0.4, -0.2) is 15.5 Å². The Morgan fingerprint density at radius 2 is 1.86 bits per heavy atom. The summed E-state index contributed by atoms with van der Waals surface area (Å²) in [7, 11) is 0. The van der Waals surface area contributed by atoms with Crippen LogP contribution < -0.4 is 10.5 Å². The second-order valence-corrected chi connectivity index (χ2v) is 5.39. The van der Waals surface area contributed by atoms with Gasteiger partial charge in [0, 0.05) is 17.5 Å². The average molecular weight is 281 g/mol. The van der Waals surface area contributed by atoms with Crippen molar-refractivity contribution in [2.45, 2.75) is 26.9 Å². The molecule has 0 saturated carbocycles. The normalized spacial score (nSPS) is 11.2. The molecule has 2 aromatic heterocycles. The van der Waals surface area contributed by atoms with Gasteiger partial charge in [-0.1, -0.05) is 0 Å². The van der Waals surface area contributed by atoms with E-state index < -0.39 is 0 Å². The zero-order chi connectivity index (χ0) is 15.0. The maximum absolute atomic E-state index is 5.99. The number of nitrogens with two attached hydrogens (primary N) is 1. The summed E-state index contributed by atoms with van der Waals surface area (Å²) in [6, 6.07) is 11.8. The first-order valence-corrected chi connectivity index (χ1v) is 7.06. The fourth-order valence-corrected chi connectivity index (χ4v) is 2.44. The number of aromatic nitrogens is 2. The van der Waals surface area contributed by atoms with Gasteiger partial charge in [-0.25, -0.2) is 4.98 Å². The lowest BCUT2D eigenvalue weighted by Gasteiger charge is -2.09. The molecule has 0 atom stereocenters. The van der Waals surface area contributed by atoms with E-state index in [1.807, 2.05) is 67.8 Å². The molecule has 21 heavy (non-hydrogen) atoms. The van der Waals surface area contributed by atoms with Crippen LogP contribution in [-0.2, 0) is 0 Å². The van der Waals surface area contributed by atoms with Gasteiger partial charge in [0.15, 0.2) is 5.65 Å². The summed E-state index contributed by atoms with van der Waals surface area (Å²) in [4.78, 5) is 4.67. The molecule has 0 bridgehead atoms.